The number of carbonyl (C=O) groups excluding carboxylic acids is 1. The molecule has 1 aromatic heterocycles. The van der Waals surface area contributed by atoms with E-state index in [1.165, 1.54) is 11.3 Å². The fourth-order valence-corrected chi connectivity index (χ4v) is 3.57. The minimum absolute atomic E-state index is 0.164. The van der Waals surface area contributed by atoms with E-state index < -0.39 is 0 Å². The standard InChI is InChI=1S/C13H9BrCl2O2S/c1-2-18-7-3-4-8(10(14)5-7)12(17)9-6-11(15)19-13(9)16/h3-6H,2H2,1H3. The molecule has 0 saturated carbocycles. The Hall–Kier alpha value is -0.550. The van der Waals surface area contributed by atoms with Crippen LogP contribution >= 0.6 is 50.5 Å². The summed E-state index contributed by atoms with van der Waals surface area (Å²) in [4.78, 5) is 12.4. The molecule has 0 N–H and O–H groups in total. The first-order chi connectivity index (χ1) is 9.02. The molecule has 2 nitrogen and oxygen atoms in total. The van der Waals surface area contributed by atoms with Crippen LogP contribution in [0.15, 0.2) is 28.7 Å². The predicted octanol–water partition coefficient (Wildman–Crippen LogP) is 5.45. The van der Waals surface area contributed by atoms with Crippen LogP contribution in [0, 0.1) is 0 Å². The van der Waals surface area contributed by atoms with Crippen molar-refractivity contribution in [2.24, 2.45) is 0 Å². The number of benzene rings is 1. The Morgan fingerprint density at radius 1 is 1.32 bits per heavy atom. The Balaban J connectivity index is 2.36. The summed E-state index contributed by atoms with van der Waals surface area (Å²) in [7, 11) is 0. The molecule has 6 heteroatoms. The number of rotatable bonds is 4. The zero-order valence-corrected chi connectivity index (χ0v) is 13.8. The summed E-state index contributed by atoms with van der Waals surface area (Å²) in [5, 5.41) is 0. The number of ketones is 1. The Morgan fingerprint density at radius 2 is 2.05 bits per heavy atom. The molecule has 0 radical (unpaired) electrons. The average Bonchev–Trinajstić information content (AvgIpc) is 2.68. The normalized spacial score (nSPS) is 10.5. The molecule has 100 valence electrons. The summed E-state index contributed by atoms with van der Waals surface area (Å²) in [6.07, 6.45) is 0. The lowest BCUT2D eigenvalue weighted by Gasteiger charge is -2.07. The molecule has 1 aromatic carbocycles. The van der Waals surface area contributed by atoms with Crippen LogP contribution in [-0.4, -0.2) is 12.4 Å². The molecule has 19 heavy (non-hydrogen) atoms. The molecule has 0 saturated heterocycles. The third-order valence-electron chi connectivity index (χ3n) is 2.40. The number of thiophene rings is 1. The molecular weight excluding hydrogens is 371 g/mol. The quantitative estimate of drug-likeness (QED) is 0.660. The van der Waals surface area contributed by atoms with Gasteiger partial charge in [-0.3, -0.25) is 4.79 Å². The first-order valence-electron chi connectivity index (χ1n) is 5.44. The zero-order valence-electron chi connectivity index (χ0n) is 9.88. The van der Waals surface area contributed by atoms with Crippen LogP contribution in [0.3, 0.4) is 0 Å². The van der Waals surface area contributed by atoms with Crippen LogP contribution in [0.4, 0.5) is 0 Å². The van der Waals surface area contributed by atoms with E-state index in [0.29, 0.717) is 36.6 Å². The van der Waals surface area contributed by atoms with Crippen LogP contribution in [0.2, 0.25) is 8.67 Å². The van der Waals surface area contributed by atoms with Gasteiger partial charge in [0.1, 0.15) is 10.1 Å². The average molecular weight is 380 g/mol. The first kappa shape index (κ1) is 14.9. The van der Waals surface area contributed by atoms with Crippen molar-refractivity contribution in [1.29, 1.82) is 0 Å². The van der Waals surface area contributed by atoms with Crippen molar-refractivity contribution >= 4 is 56.3 Å². The van der Waals surface area contributed by atoms with Crippen LogP contribution in [-0.2, 0) is 0 Å². The summed E-state index contributed by atoms with van der Waals surface area (Å²) in [5.74, 6) is 0.545. The molecule has 1 heterocycles. The Bertz CT molecular complexity index is 625. The van der Waals surface area contributed by atoms with Gasteiger partial charge in [0.15, 0.2) is 5.78 Å². The lowest BCUT2D eigenvalue weighted by molar-refractivity contribution is 0.103. The van der Waals surface area contributed by atoms with Gasteiger partial charge in [0, 0.05) is 10.0 Å². The second-order valence-electron chi connectivity index (χ2n) is 3.64. The monoisotopic (exact) mass is 378 g/mol. The minimum atomic E-state index is -0.164. The van der Waals surface area contributed by atoms with Crippen molar-refractivity contribution in [3.63, 3.8) is 0 Å². The number of halogens is 3. The van der Waals surface area contributed by atoms with Crippen molar-refractivity contribution < 1.29 is 9.53 Å². The topological polar surface area (TPSA) is 26.3 Å². The summed E-state index contributed by atoms with van der Waals surface area (Å²) >= 11 is 16.4. The molecule has 0 spiro atoms. The second kappa shape index (κ2) is 6.27. The highest BCUT2D eigenvalue weighted by Gasteiger charge is 2.18. The van der Waals surface area contributed by atoms with E-state index in [4.69, 9.17) is 27.9 Å². The van der Waals surface area contributed by atoms with Gasteiger partial charge in [0.25, 0.3) is 0 Å². The summed E-state index contributed by atoms with van der Waals surface area (Å²) in [5.41, 5.74) is 0.946. The van der Waals surface area contributed by atoms with Gasteiger partial charge in [0.2, 0.25) is 0 Å². The first-order valence-corrected chi connectivity index (χ1v) is 7.81. The van der Waals surface area contributed by atoms with Crippen molar-refractivity contribution in [3.05, 3.63) is 48.5 Å². The van der Waals surface area contributed by atoms with E-state index in [1.54, 1.807) is 24.3 Å². The maximum absolute atomic E-state index is 12.4. The molecule has 2 aromatic rings. The highest BCUT2D eigenvalue weighted by Crippen LogP contribution is 2.34. The van der Waals surface area contributed by atoms with Gasteiger partial charge in [-0.1, -0.05) is 23.2 Å². The minimum Gasteiger partial charge on any atom is -0.494 e. The Labute approximate surface area is 133 Å². The number of ether oxygens (including phenoxy) is 1. The van der Waals surface area contributed by atoms with E-state index in [0.717, 1.165) is 0 Å². The second-order valence-corrected chi connectivity index (χ2v) is 6.78. The van der Waals surface area contributed by atoms with Gasteiger partial charge >= 0.3 is 0 Å². The number of carbonyl (C=O) groups is 1. The van der Waals surface area contributed by atoms with E-state index in [9.17, 15) is 4.79 Å². The Kier molecular flexibility index (Phi) is 4.90. The molecule has 0 atom stereocenters. The van der Waals surface area contributed by atoms with E-state index in [1.807, 2.05) is 6.92 Å². The largest absolute Gasteiger partial charge is 0.494 e. The molecular formula is C13H9BrCl2O2S. The van der Waals surface area contributed by atoms with Crippen LogP contribution in [0.1, 0.15) is 22.8 Å². The molecule has 0 aliphatic rings. The molecule has 0 bridgehead atoms. The molecule has 0 unspecified atom stereocenters. The van der Waals surface area contributed by atoms with Gasteiger partial charge in [-0.05, 0) is 47.1 Å². The van der Waals surface area contributed by atoms with Crippen LogP contribution in [0.5, 0.6) is 5.75 Å². The predicted molar refractivity (Wildman–Crippen MR) is 83.1 cm³/mol. The molecule has 2 rings (SSSR count). The highest BCUT2D eigenvalue weighted by molar-refractivity contribution is 9.10. The third kappa shape index (κ3) is 3.31. The zero-order chi connectivity index (χ0) is 14.0. The maximum atomic E-state index is 12.4. The maximum Gasteiger partial charge on any atom is 0.196 e. The summed E-state index contributed by atoms with van der Waals surface area (Å²) in [6, 6.07) is 6.81. The smallest absolute Gasteiger partial charge is 0.196 e. The molecule has 0 aliphatic heterocycles. The van der Waals surface area contributed by atoms with E-state index in [2.05, 4.69) is 15.9 Å². The molecule has 0 fully saturated rings. The molecule has 0 aliphatic carbocycles. The van der Waals surface area contributed by atoms with E-state index in [-0.39, 0.29) is 5.78 Å². The number of hydrogen-bond donors (Lipinski definition) is 0. The molecule has 0 amide bonds. The van der Waals surface area contributed by atoms with Crippen molar-refractivity contribution in [1.82, 2.24) is 0 Å². The summed E-state index contributed by atoms with van der Waals surface area (Å²) in [6.45, 7) is 2.48. The van der Waals surface area contributed by atoms with Crippen molar-refractivity contribution in [2.75, 3.05) is 6.61 Å². The van der Waals surface area contributed by atoms with Gasteiger partial charge in [0.05, 0.1) is 16.5 Å². The van der Waals surface area contributed by atoms with Crippen LogP contribution < -0.4 is 4.74 Å². The van der Waals surface area contributed by atoms with Crippen molar-refractivity contribution in [3.8, 4) is 5.75 Å². The van der Waals surface area contributed by atoms with Gasteiger partial charge < -0.3 is 4.74 Å². The number of hydrogen-bond acceptors (Lipinski definition) is 3. The SMILES string of the molecule is CCOc1ccc(C(=O)c2cc(Cl)sc2Cl)c(Br)c1. The van der Waals surface area contributed by atoms with Crippen LogP contribution in [0.25, 0.3) is 0 Å². The highest BCUT2D eigenvalue weighted by atomic mass is 79.9. The van der Waals surface area contributed by atoms with Gasteiger partial charge in [-0.2, -0.15) is 0 Å². The van der Waals surface area contributed by atoms with E-state index >= 15 is 0 Å². The Morgan fingerprint density at radius 3 is 2.58 bits per heavy atom. The fraction of sp³-hybridized carbons (Fsp3) is 0.154. The van der Waals surface area contributed by atoms with Gasteiger partial charge in [-0.25, -0.2) is 0 Å². The lowest BCUT2D eigenvalue weighted by Crippen LogP contribution is -2.02. The fourth-order valence-electron chi connectivity index (χ4n) is 1.58. The van der Waals surface area contributed by atoms with Crippen molar-refractivity contribution in [2.45, 2.75) is 6.92 Å². The van der Waals surface area contributed by atoms with Gasteiger partial charge in [-0.15, -0.1) is 11.3 Å². The lowest BCUT2D eigenvalue weighted by atomic mass is 10.1. The summed E-state index contributed by atoms with van der Waals surface area (Å²) < 4.78 is 6.93. The third-order valence-corrected chi connectivity index (χ3v) is 4.54.